The standard InChI is InChI=1S/C26H28O2/c1-25-12-13-26(16-18-6-4-3-5-7-18)22-11-9-21(28-2)14-19(22)8-10-23(26)24(25)15-20(27)17-25/h3-7,9,11-14,20,27H,8,10,15-17H2,1-2H3/t20-,25-,26?/m1/s1. The quantitative estimate of drug-likeness (QED) is 0.755. The van der Waals surface area contributed by atoms with Crippen molar-refractivity contribution in [2.75, 3.05) is 7.11 Å². The molecule has 2 nitrogen and oxygen atoms in total. The van der Waals surface area contributed by atoms with E-state index in [0.717, 1.165) is 37.9 Å². The summed E-state index contributed by atoms with van der Waals surface area (Å²) in [5, 5.41) is 10.5. The van der Waals surface area contributed by atoms with Crippen molar-refractivity contribution in [3.63, 3.8) is 0 Å². The first kappa shape index (κ1) is 17.8. The molecule has 2 heteroatoms. The zero-order chi connectivity index (χ0) is 19.4. The van der Waals surface area contributed by atoms with Crippen LogP contribution in [0.4, 0.5) is 0 Å². The molecule has 2 aromatic rings. The van der Waals surface area contributed by atoms with Crippen LogP contribution in [0.5, 0.6) is 5.75 Å². The minimum atomic E-state index is -0.220. The first-order valence-corrected chi connectivity index (χ1v) is 10.4. The van der Waals surface area contributed by atoms with Crippen molar-refractivity contribution in [3.05, 3.63) is 88.5 Å². The molecule has 0 saturated heterocycles. The molecular formula is C26H28O2. The van der Waals surface area contributed by atoms with E-state index in [1.807, 2.05) is 0 Å². The summed E-state index contributed by atoms with van der Waals surface area (Å²) < 4.78 is 5.50. The molecule has 28 heavy (non-hydrogen) atoms. The molecule has 2 aromatic carbocycles. The van der Waals surface area contributed by atoms with Crippen LogP contribution in [0.2, 0.25) is 0 Å². The van der Waals surface area contributed by atoms with Gasteiger partial charge in [-0.2, -0.15) is 0 Å². The number of hydrogen-bond donors (Lipinski definition) is 1. The topological polar surface area (TPSA) is 29.5 Å². The zero-order valence-electron chi connectivity index (χ0n) is 16.7. The summed E-state index contributed by atoms with van der Waals surface area (Å²) in [6, 6.07) is 17.4. The highest BCUT2D eigenvalue weighted by molar-refractivity contribution is 5.58. The molecule has 0 bridgehead atoms. The van der Waals surface area contributed by atoms with Gasteiger partial charge in [0.2, 0.25) is 0 Å². The molecule has 0 amide bonds. The fraction of sp³-hybridized carbons (Fsp3) is 0.385. The van der Waals surface area contributed by atoms with Gasteiger partial charge in [0.05, 0.1) is 13.2 Å². The second-order valence-corrected chi connectivity index (χ2v) is 8.93. The Hall–Kier alpha value is -2.32. The zero-order valence-corrected chi connectivity index (χ0v) is 16.7. The van der Waals surface area contributed by atoms with E-state index in [1.165, 1.54) is 22.3 Å². The average Bonchev–Trinajstić information content (AvgIpc) is 3.02. The summed E-state index contributed by atoms with van der Waals surface area (Å²) in [5.74, 6) is 0.936. The summed E-state index contributed by atoms with van der Waals surface area (Å²) in [5.41, 5.74) is 7.10. The normalized spacial score (nSPS) is 30.6. The van der Waals surface area contributed by atoms with Crippen molar-refractivity contribution in [1.29, 1.82) is 0 Å². The molecule has 1 fully saturated rings. The molecule has 3 atom stereocenters. The molecule has 0 spiro atoms. The Morgan fingerprint density at radius 3 is 2.64 bits per heavy atom. The third-order valence-corrected chi connectivity index (χ3v) is 7.19. The molecular weight excluding hydrogens is 344 g/mol. The Morgan fingerprint density at radius 2 is 1.86 bits per heavy atom. The van der Waals surface area contributed by atoms with Crippen LogP contribution < -0.4 is 4.74 Å². The van der Waals surface area contributed by atoms with Gasteiger partial charge in [0.1, 0.15) is 5.75 Å². The summed E-state index contributed by atoms with van der Waals surface area (Å²) in [7, 11) is 1.74. The fourth-order valence-electron chi connectivity index (χ4n) is 5.89. The molecule has 0 heterocycles. The predicted molar refractivity (Wildman–Crippen MR) is 113 cm³/mol. The molecule has 1 saturated carbocycles. The Labute approximate surface area is 167 Å². The maximum Gasteiger partial charge on any atom is 0.119 e. The molecule has 0 aliphatic heterocycles. The Morgan fingerprint density at radius 1 is 1.04 bits per heavy atom. The fourth-order valence-corrected chi connectivity index (χ4v) is 5.89. The minimum Gasteiger partial charge on any atom is -0.497 e. The lowest BCUT2D eigenvalue weighted by Gasteiger charge is -2.46. The predicted octanol–water partition coefficient (Wildman–Crippen LogP) is 5.15. The number of methoxy groups -OCH3 is 1. The van der Waals surface area contributed by atoms with Crippen molar-refractivity contribution in [2.24, 2.45) is 5.41 Å². The minimum absolute atomic E-state index is 0.0128. The largest absolute Gasteiger partial charge is 0.497 e. The van der Waals surface area contributed by atoms with E-state index >= 15 is 0 Å². The van der Waals surface area contributed by atoms with E-state index in [1.54, 1.807) is 12.7 Å². The number of fused-ring (bicyclic) bond motifs is 4. The lowest BCUT2D eigenvalue weighted by atomic mass is 9.57. The number of hydrogen-bond acceptors (Lipinski definition) is 2. The van der Waals surface area contributed by atoms with Crippen molar-refractivity contribution in [1.82, 2.24) is 0 Å². The van der Waals surface area contributed by atoms with E-state index in [4.69, 9.17) is 4.74 Å². The Bertz CT molecular complexity index is 971. The lowest BCUT2D eigenvalue weighted by molar-refractivity contribution is 0.172. The van der Waals surface area contributed by atoms with Crippen molar-refractivity contribution in [3.8, 4) is 5.75 Å². The van der Waals surface area contributed by atoms with Crippen LogP contribution in [0.3, 0.4) is 0 Å². The summed E-state index contributed by atoms with van der Waals surface area (Å²) in [4.78, 5) is 0. The average molecular weight is 373 g/mol. The van der Waals surface area contributed by atoms with Crippen LogP contribution in [0, 0.1) is 5.41 Å². The van der Waals surface area contributed by atoms with E-state index in [-0.39, 0.29) is 16.9 Å². The molecule has 5 rings (SSSR count). The van der Waals surface area contributed by atoms with Crippen molar-refractivity contribution in [2.45, 2.75) is 50.5 Å². The summed E-state index contributed by atoms with van der Waals surface area (Å²) in [6.45, 7) is 2.30. The Balaban J connectivity index is 1.72. The van der Waals surface area contributed by atoms with Crippen LogP contribution in [-0.2, 0) is 18.3 Å². The number of aryl methyl sites for hydroxylation is 1. The molecule has 0 aromatic heterocycles. The highest BCUT2D eigenvalue weighted by Gasteiger charge is 2.49. The number of ether oxygens (including phenoxy) is 1. The van der Waals surface area contributed by atoms with Gasteiger partial charge in [-0.1, -0.05) is 66.6 Å². The highest BCUT2D eigenvalue weighted by atomic mass is 16.5. The van der Waals surface area contributed by atoms with Crippen molar-refractivity contribution < 1.29 is 9.84 Å². The Kier molecular flexibility index (Phi) is 4.03. The first-order valence-electron chi connectivity index (χ1n) is 10.4. The number of aliphatic hydroxyl groups is 1. The third kappa shape index (κ3) is 2.58. The van der Waals surface area contributed by atoms with Gasteiger partial charge in [0.15, 0.2) is 0 Å². The molecule has 3 aliphatic rings. The second kappa shape index (κ2) is 6.35. The van der Waals surface area contributed by atoms with Crippen LogP contribution >= 0.6 is 0 Å². The van der Waals surface area contributed by atoms with Gasteiger partial charge in [-0.3, -0.25) is 0 Å². The number of allylic oxidation sites excluding steroid dienone is 3. The smallest absolute Gasteiger partial charge is 0.119 e. The summed E-state index contributed by atoms with van der Waals surface area (Å²) >= 11 is 0. The van der Waals surface area contributed by atoms with E-state index in [0.29, 0.717) is 0 Å². The maximum atomic E-state index is 10.5. The monoisotopic (exact) mass is 372 g/mol. The number of benzene rings is 2. The van der Waals surface area contributed by atoms with E-state index in [9.17, 15) is 5.11 Å². The van der Waals surface area contributed by atoms with E-state index in [2.05, 4.69) is 67.6 Å². The lowest BCUT2D eigenvalue weighted by Crippen LogP contribution is -2.39. The van der Waals surface area contributed by atoms with Crippen LogP contribution in [-0.4, -0.2) is 18.3 Å². The van der Waals surface area contributed by atoms with Crippen LogP contribution in [0.1, 0.15) is 42.9 Å². The maximum absolute atomic E-state index is 10.5. The van der Waals surface area contributed by atoms with Gasteiger partial charge in [0, 0.05) is 10.8 Å². The van der Waals surface area contributed by atoms with Crippen molar-refractivity contribution >= 4 is 0 Å². The molecule has 144 valence electrons. The highest BCUT2D eigenvalue weighted by Crippen LogP contribution is 2.57. The number of rotatable bonds is 3. The van der Waals surface area contributed by atoms with Gasteiger partial charge in [-0.25, -0.2) is 0 Å². The second-order valence-electron chi connectivity index (χ2n) is 8.93. The molecule has 3 aliphatic carbocycles. The first-order chi connectivity index (χ1) is 13.5. The van der Waals surface area contributed by atoms with Gasteiger partial charge < -0.3 is 9.84 Å². The van der Waals surface area contributed by atoms with Gasteiger partial charge in [-0.15, -0.1) is 0 Å². The molecule has 1 unspecified atom stereocenters. The van der Waals surface area contributed by atoms with Crippen LogP contribution in [0.25, 0.3) is 0 Å². The van der Waals surface area contributed by atoms with Gasteiger partial charge in [0.25, 0.3) is 0 Å². The molecule has 1 N–H and O–H groups in total. The van der Waals surface area contributed by atoms with Gasteiger partial charge >= 0.3 is 0 Å². The summed E-state index contributed by atoms with van der Waals surface area (Å²) in [6.07, 6.45) is 9.37. The third-order valence-electron chi connectivity index (χ3n) is 7.19. The molecule has 0 radical (unpaired) electrons. The SMILES string of the molecule is COc1ccc2c(c1)CCC1=C3C[C@@H](O)C[C@@]3(C)C=CC12Cc1ccccc1. The number of aliphatic hydroxyl groups excluding tert-OH is 1. The van der Waals surface area contributed by atoms with Crippen LogP contribution in [0.15, 0.2) is 71.8 Å². The van der Waals surface area contributed by atoms with Gasteiger partial charge in [-0.05, 0) is 60.9 Å². The van der Waals surface area contributed by atoms with E-state index < -0.39 is 0 Å².